The summed E-state index contributed by atoms with van der Waals surface area (Å²) in [4.78, 5) is 15.9. The molecule has 4 aromatic carbocycles. The van der Waals surface area contributed by atoms with Gasteiger partial charge in [0, 0.05) is 29.7 Å². The maximum atomic E-state index is 13.7. The Balaban J connectivity index is 1.38. The first-order chi connectivity index (χ1) is 21.2. The van der Waals surface area contributed by atoms with Crippen molar-refractivity contribution in [3.63, 3.8) is 0 Å². The summed E-state index contributed by atoms with van der Waals surface area (Å²) in [6.45, 7) is 0.190. The van der Waals surface area contributed by atoms with Gasteiger partial charge in [0.25, 0.3) is 5.91 Å². The van der Waals surface area contributed by atoms with Crippen molar-refractivity contribution in [2.45, 2.75) is 37.6 Å². The summed E-state index contributed by atoms with van der Waals surface area (Å²) in [5.41, 5.74) is 7.82. The van der Waals surface area contributed by atoms with Gasteiger partial charge in [-0.2, -0.15) is 18.3 Å². The topological polar surface area (TPSA) is 85.4 Å². The van der Waals surface area contributed by atoms with Gasteiger partial charge in [-0.25, -0.2) is 4.68 Å². The molecule has 0 radical (unpaired) electrons. The first-order valence-electron chi connectivity index (χ1n) is 14.3. The number of hydrogen-bond donors (Lipinski definition) is 2. The Bertz CT molecular complexity index is 1830. The van der Waals surface area contributed by atoms with E-state index in [2.05, 4.69) is 34.5 Å². The van der Waals surface area contributed by atoms with Gasteiger partial charge in [-0.1, -0.05) is 54.6 Å². The zero-order chi connectivity index (χ0) is 31.0. The smallest absolute Gasteiger partial charge is 0.435 e. The predicted molar refractivity (Wildman–Crippen MR) is 164 cm³/mol. The van der Waals surface area contributed by atoms with Gasteiger partial charge in [0.1, 0.15) is 11.4 Å². The fourth-order valence-electron chi connectivity index (χ4n) is 5.71. The Morgan fingerprint density at radius 1 is 1.02 bits per heavy atom. The van der Waals surface area contributed by atoms with Crippen LogP contribution in [0.15, 0.2) is 91.0 Å². The van der Waals surface area contributed by atoms with Crippen LogP contribution in [0.5, 0.6) is 5.75 Å². The second-order valence-corrected chi connectivity index (χ2v) is 11.0. The van der Waals surface area contributed by atoms with Gasteiger partial charge in [0.2, 0.25) is 0 Å². The van der Waals surface area contributed by atoms with E-state index in [4.69, 9.17) is 10.5 Å². The minimum Gasteiger partial charge on any atom is -0.496 e. The third-order valence-corrected chi connectivity index (χ3v) is 8.05. The molecule has 6 rings (SSSR count). The quantitative estimate of drug-likeness (QED) is 0.192. The summed E-state index contributed by atoms with van der Waals surface area (Å²) < 4.78 is 47.7. The lowest BCUT2D eigenvalue weighted by Gasteiger charge is -2.30. The average molecular weight is 600 g/mol. The number of alkyl halides is 3. The van der Waals surface area contributed by atoms with Crippen LogP contribution in [-0.4, -0.2) is 40.8 Å². The molecule has 1 saturated carbocycles. The number of hydrogen-bond acceptors (Lipinski definition) is 5. The number of halogens is 3. The van der Waals surface area contributed by atoms with Crippen LogP contribution in [0.3, 0.4) is 0 Å². The Kier molecular flexibility index (Phi) is 7.87. The summed E-state index contributed by atoms with van der Waals surface area (Å²) in [6.07, 6.45) is -2.55. The molecule has 1 heterocycles. The highest BCUT2D eigenvalue weighted by Gasteiger charge is 2.37. The van der Waals surface area contributed by atoms with Gasteiger partial charge in [0.15, 0.2) is 5.69 Å². The second kappa shape index (κ2) is 11.8. The molecule has 226 valence electrons. The molecule has 1 aromatic heterocycles. The Labute approximate surface area is 253 Å². The molecular formula is C34H32F3N5O2. The number of amides is 1. The number of carbonyl (C=O) groups excluding carboxylic acids is 1. The molecule has 1 atom stereocenters. The number of carbonyl (C=O) groups is 1. The van der Waals surface area contributed by atoms with Gasteiger partial charge in [0.05, 0.1) is 18.8 Å². The summed E-state index contributed by atoms with van der Waals surface area (Å²) in [6, 6.07) is 27.2. The van der Waals surface area contributed by atoms with Crippen LogP contribution in [0.2, 0.25) is 0 Å². The lowest BCUT2D eigenvalue weighted by Crippen LogP contribution is -2.28. The minimum atomic E-state index is -4.73. The van der Waals surface area contributed by atoms with Crippen LogP contribution in [0.25, 0.3) is 16.5 Å². The third kappa shape index (κ3) is 5.78. The fourth-order valence-corrected chi connectivity index (χ4v) is 5.71. The van der Waals surface area contributed by atoms with E-state index >= 15 is 0 Å². The van der Waals surface area contributed by atoms with Gasteiger partial charge in [-0.15, -0.1) is 0 Å². The molecule has 1 fully saturated rings. The average Bonchev–Trinajstić information content (AvgIpc) is 3.78. The van der Waals surface area contributed by atoms with Gasteiger partial charge in [-0.05, 0) is 72.3 Å². The van der Waals surface area contributed by atoms with Crippen molar-refractivity contribution < 1.29 is 22.7 Å². The molecule has 0 bridgehead atoms. The molecule has 10 heteroatoms. The fraction of sp³-hybridized carbons (Fsp3) is 0.235. The maximum absolute atomic E-state index is 13.7. The highest BCUT2D eigenvalue weighted by Crippen LogP contribution is 2.41. The number of fused-ring (bicyclic) bond motifs is 1. The monoisotopic (exact) mass is 599 g/mol. The lowest BCUT2D eigenvalue weighted by atomic mass is 9.92. The zero-order valence-corrected chi connectivity index (χ0v) is 24.3. The van der Waals surface area contributed by atoms with Crippen LogP contribution in [0.1, 0.15) is 51.8 Å². The summed E-state index contributed by atoms with van der Waals surface area (Å²) in [7, 11) is 3.75. The number of anilines is 1. The van der Waals surface area contributed by atoms with Crippen molar-refractivity contribution in [3.05, 3.63) is 119 Å². The molecule has 1 amide bonds. The van der Waals surface area contributed by atoms with E-state index in [1.807, 2.05) is 42.5 Å². The zero-order valence-electron chi connectivity index (χ0n) is 24.3. The number of nitrogens with zero attached hydrogens (tertiary/aromatic N) is 3. The number of nitrogens with one attached hydrogen (secondary N) is 1. The Morgan fingerprint density at radius 2 is 1.77 bits per heavy atom. The predicted octanol–water partition coefficient (Wildman–Crippen LogP) is 6.95. The normalized spacial score (nSPS) is 14.2. The van der Waals surface area contributed by atoms with Gasteiger partial charge >= 0.3 is 6.18 Å². The van der Waals surface area contributed by atoms with Crippen molar-refractivity contribution in [2.75, 3.05) is 19.5 Å². The molecule has 1 aliphatic rings. The second-order valence-electron chi connectivity index (χ2n) is 11.0. The largest absolute Gasteiger partial charge is 0.496 e. The Morgan fingerprint density at radius 3 is 2.48 bits per heavy atom. The lowest BCUT2D eigenvalue weighted by molar-refractivity contribution is -0.141. The van der Waals surface area contributed by atoms with Crippen LogP contribution >= 0.6 is 0 Å². The summed E-state index contributed by atoms with van der Waals surface area (Å²) in [5.74, 6) is 0.0651. The van der Waals surface area contributed by atoms with Crippen molar-refractivity contribution in [1.82, 2.24) is 14.7 Å². The minimum absolute atomic E-state index is 0.142. The first kappa shape index (κ1) is 29.4. The molecule has 1 aliphatic carbocycles. The van der Waals surface area contributed by atoms with E-state index in [0.717, 1.165) is 51.2 Å². The van der Waals surface area contributed by atoms with E-state index in [0.29, 0.717) is 23.0 Å². The standard InChI is InChI=1S/C34H32F3N5O2/c1-41(24-13-14-24)32(28-15-16-30(44-2)27-12-4-3-11-26(27)28)22-8-6-9-23(18-22)39-33(43)29-19-31(34(35,36)37)40-42(29)25-10-5-7-21(17-25)20-38/h3-12,15-19,24,32H,13-14,20,38H2,1-2H3,(H,39,43). The summed E-state index contributed by atoms with van der Waals surface area (Å²) in [5, 5.41) is 8.61. The number of ether oxygens (including phenoxy) is 1. The van der Waals surface area contributed by atoms with Gasteiger partial charge in [-0.3, -0.25) is 9.69 Å². The van der Waals surface area contributed by atoms with E-state index in [-0.39, 0.29) is 18.3 Å². The maximum Gasteiger partial charge on any atom is 0.435 e. The van der Waals surface area contributed by atoms with E-state index in [1.165, 1.54) is 0 Å². The molecule has 0 saturated heterocycles. The molecule has 3 N–H and O–H groups in total. The SMILES string of the molecule is COc1ccc(C(c2cccc(NC(=O)c3cc(C(F)(F)F)nn3-c3cccc(CN)c3)c2)N(C)C2CC2)c2ccccc12. The number of aromatic nitrogens is 2. The Hall–Kier alpha value is -4.67. The van der Waals surface area contributed by atoms with E-state index in [9.17, 15) is 18.0 Å². The van der Waals surface area contributed by atoms with Crippen LogP contribution in [-0.2, 0) is 12.7 Å². The third-order valence-electron chi connectivity index (χ3n) is 8.05. The van der Waals surface area contributed by atoms with Crippen LogP contribution in [0, 0.1) is 0 Å². The first-order valence-corrected chi connectivity index (χ1v) is 14.3. The number of rotatable bonds is 9. The molecule has 44 heavy (non-hydrogen) atoms. The van der Waals surface area contributed by atoms with Crippen LogP contribution in [0.4, 0.5) is 18.9 Å². The number of nitrogens with two attached hydrogens (primary N) is 1. The van der Waals surface area contributed by atoms with Crippen LogP contribution < -0.4 is 15.8 Å². The summed E-state index contributed by atoms with van der Waals surface area (Å²) >= 11 is 0. The van der Waals surface area contributed by atoms with Crippen molar-refractivity contribution in [3.8, 4) is 11.4 Å². The molecule has 5 aromatic rings. The van der Waals surface area contributed by atoms with Crippen molar-refractivity contribution >= 4 is 22.4 Å². The van der Waals surface area contributed by atoms with Crippen molar-refractivity contribution in [2.24, 2.45) is 5.73 Å². The number of methoxy groups -OCH3 is 1. The van der Waals surface area contributed by atoms with Crippen molar-refractivity contribution in [1.29, 1.82) is 0 Å². The molecule has 7 nitrogen and oxygen atoms in total. The molecule has 1 unspecified atom stereocenters. The molecule has 0 aliphatic heterocycles. The van der Waals surface area contributed by atoms with E-state index in [1.54, 1.807) is 37.4 Å². The molecular weight excluding hydrogens is 567 g/mol. The highest BCUT2D eigenvalue weighted by molar-refractivity contribution is 6.03. The molecule has 0 spiro atoms. The van der Waals surface area contributed by atoms with Gasteiger partial charge < -0.3 is 15.8 Å². The number of benzene rings is 4. The van der Waals surface area contributed by atoms with E-state index < -0.39 is 17.8 Å². The highest BCUT2D eigenvalue weighted by atomic mass is 19.4.